The first kappa shape index (κ1) is 13.3. The van der Waals surface area contributed by atoms with Crippen molar-refractivity contribution < 1.29 is 31.9 Å². The third kappa shape index (κ3) is 2.34. The number of ketones is 1. The fourth-order valence-electron chi connectivity index (χ4n) is 1.76. The van der Waals surface area contributed by atoms with Gasteiger partial charge in [0.05, 0.1) is 0 Å². The van der Waals surface area contributed by atoms with Crippen molar-refractivity contribution in [2.24, 2.45) is 5.92 Å². The second-order valence-corrected chi connectivity index (χ2v) is 3.88. The lowest BCUT2D eigenvalue weighted by atomic mass is 9.82. The normalized spacial score (nSPS) is 25.6. The number of aliphatic hydroxyl groups excluding tert-OH is 1. The van der Waals surface area contributed by atoms with E-state index in [1.807, 2.05) is 0 Å². The summed E-state index contributed by atoms with van der Waals surface area (Å²) in [5.74, 6) is -7.56. The predicted octanol–water partition coefficient (Wildman–Crippen LogP) is 2.30. The molecule has 2 nitrogen and oxygen atoms in total. The average molecular weight is 246 g/mol. The van der Waals surface area contributed by atoms with Crippen molar-refractivity contribution in [3.8, 4) is 0 Å². The smallest absolute Gasteiger partial charge is 0.386 e. The highest BCUT2D eigenvalue weighted by Crippen LogP contribution is 2.42. The van der Waals surface area contributed by atoms with Gasteiger partial charge in [0.2, 0.25) is 0 Å². The maximum Gasteiger partial charge on any atom is 0.456 e. The summed E-state index contributed by atoms with van der Waals surface area (Å²) in [4.78, 5) is 11.1. The molecule has 0 heterocycles. The zero-order chi connectivity index (χ0) is 12.6. The minimum Gasteiger partial charge on any atom is -0.386 e. The van der Waals surface area contributed by atoms with Crippen LogP contribution in [0.3, 0.4) is 0 Å². The molecule has 94 valence electrons. The van der Waals surface area contributed by atoms with Gasteiger partial charge in [0, 0.05) is 12.3 Å². The number of hydrogen-bond donors (Lipinski definition) is 1. The molecule has 1 aliphatic rings. The molecule has 0 spiro atoms. The minimum absolute atomic E-state index is 0.0460. The van der Waals surface area contributed by atoms with Gasteiger partial charge in [-0.05, 0) is 12.8 Å². The van der Waals surface area contributed by atoms with Crippen LogP contribution >= 0.6 is 0 Å². The number of hydrogen-bond acceptors (Lipinski definition) is 2. The molecule has 0 bridgehead atoms. The lowest BCUT2D eigenvalue weighted by Gasteiger charge is -2.31. The van der Waals surface area contributed by atoms with Crippen LogP contribution in [-0.4, -0.2) is 29.1 Å². The van der Waals surface area contributed by atoms with E-state index < -0.39 is 29.9 Å². The summed E-state index contributed by atoms with van der Waals surface area (Å²) in [5.41, 5.74) is 0. The van der Waals surface area contributed by atoms with E-state index in [2.05, 4.69) is 0 Å². The maximum absolute atomic E-state index is 12.8. The number of carbonyl (C=O) groups excluding carboxylic acids is 1. The lowest BCUT2D eigenvalue weighted by Crippen LogP contribution is -2.52. The first-order valence-corrected chi connectivity index (χ1v) is 4.83. The summed E-state index contributed by atoms with van der Waals surface area (Å²) in [6.07, 6.45) is -8.12. The van der Waals surface area contributed by atoms with Gasteiger partial charge >= 0.3 is 12.1 Å². The molecule has 0 aliphatic heterocycles. The number of carbonyl (C=O) groups is 1. The largest absolute Gasteiger partial charge is 0.456 e. The third-order valence-electron chi connectivity index (χ3n) is 2.73. The van der Waals surface area contributed by atoms with Crippen LogP contribution < -0.4 is 0 Å². The molecule has 1 rings (SSSR count). The van der Waals surface area contributed by atoms with Gasteiger partial charge in [-0.3, -0.25) is 4.79 Å². The van der Waals surface area contributed by atoms with Crippen LogP contribution in [0.5, 0.6) is 0 Å². The second-order valence-electron chi connectivity index (χ2n) is 3.88. The van der Waals surface area contributed by atoms with Crippen molar-refractivity contribution in [3.63, 3.8) is 0 Å². The van der Waals surface area contributed by atoms with Crippen LogP contribution in [0.25, 0.3) is 0 Å². The van der Waals surface area contributed by atoms with Crippen LogP contribution in [0.2, 0.25) is 0 Å². The Bertz CT molecular complexity index is 274. The molecule has 16 heavy (non-hydrogen) atoms. The second kappa shape index (κ2) is 4.27. The molecular weight excluding hydrogens is 235 g/mol. The van der Waals surface area contributed by atoms with Crippen molar-refractivity contribution in [1.82, 2.24) is 0 Å². The summed E-state index contributed by atoms with van der Waals surface area (Å²) < 4.78 is 61.3. The fourth-order valence-corrected chi connectivity index (χ4v) is 1.76. The monoisotopic (exact) mass is 246 g/mol. The Morgan fingerprint density at radius 2 is 1.75 bits per heavy atom. The number of aliphatic hydroxyl groups is 1. The van der Waals surface area contributed by atoms with E-state index in [1.165, 1.54) is 0 Å². The molecule has 0 unspecified atom stereocenters. The first-order chi connectivity index (χ1) is 7.18. The van der Waals surface area contributed by atoms with Gasteiger partial charge in [-0.1, -0.05) is 6.42 Å². The first-order valence-electron chi connectivity index (χ1n) is 4.83. The van der Waals surface area contributed by atoms with Crippen LogP contribution in [0.15, 0.2) is 0 Å². The summed E-state index contributed by atoms with van der Waals surface area (Å²) in [7, 11) is 0. The van der Waals surface area contributed by atoms with Gasteiger partial charge in [0.1, 0.15) is 11.9 Å². The maximum atomic E-state index is 12.8. The van der Waals surface area contributed by atoms with E-state index in [1.54, 1.807) is 0 Å². The van der Waals surface area contributed by atoms with Gasteiger partial charge in [-0.2, -0.15) is 22.0 Å². The zero-order valence-corrected chi connectivity index (χ0v) is 8.23. The Kier molecular flexibility index (Phi) is 3.56. The Labute approximate surface area is 88.4 Å². The highest BCUT2D eigenvalue weighted by atomic mass is 19.4. The Morgan fingerprint density at radius 3 is 2.19 bits per heavy atom. The Hall–Kier alpha value is -0.720. The van der Waals surface area contributed by atoms with E-state index in [0.717, 1.165) is 0 Å². The van der Waals surface area contributed by atoms with E-state index in [9.17, 15) is 26.7 Å². The summed E-state index contributed by atoms with van der Waals surface area (Å²) >= 11 is 0. The lowest BCUT2D eigenvalue weighted by molar-refractivity contribution is -0.318. The number of Topliss-reactive ketones (excluding diaryl/α,β-unsaturated/α-hetero) is 1. The zero-order valence-electron chi connectivity index (χ0n) is 8.23. The molecule has 1 N–H and O–H groups in total. The van der Waals surface area contributed by atoms with Crippen LogP contribution in [-0.2, 0) is 4.79 Å². The molecule has 0 aromatic heterocycles. The van der Waals surface area contributed by atoms with Gasteiger partial charge in [0.25, 0.3) is 0 Å². The molecule has 1 aliphatic carbocycles. The quantitative estimate of drug-likeness (QED) is 0.759. The van der Waals surface area contributed by atoms with Gasteiger partial charge in [0.15, 0.2) is 0 Å². The molecule has 1 saturated carbocycles. The van der Waals surface area contributed by atoms with Crippen molar-refractivity contribution in [2.45, 2.75) is 43.9 Å². The highest BCUT2D eigenvalue weighted by molar-refractivity contribution is 5.82. The number of rotatable bonds is 2. The topological polar surface area (TPSA) is 37.3 Å². The molecule has 0 amide bonds. The molecule has 0 saturated heterocycles. The van der Waals surface area contributed by atoms with E-state index in [4.69, 9.17) is 5.11 Å². The highest BCUT2D eigenvalue weighted by Gasteiger charge is 2.64. The third-order valence-corrected chi connectivity index (χ3v) is 2.73. The van der Waals surface area contributed by atoms with Crippen molar-refractivity contribution in [1.29, 1.82) is 0 Å². The Balaban J connectivity index is 2.83. The number of alkyl halides is 5. The summed E-state index contributed by atoms with van der Waals surface area (Å²) in [6.45, 7) is 0. The molecule has 2 atom stereocenters. The molecule has 1 fully saturated rings. The summed E-state index contributed by atoms with van der Waals surface area (Å²) in [5, 5.41) is 9.02. The molecular formula is C9H11F5O2. The van der Waals surface area contributed by atoms with Crippen molar-refractivity contribution >= 4 is 5.78 Å². The molecule has 0 aromatic rings. The predicted molar refractivity (Wildman–Crippen MR) is 44.0 cm³/mol. The average Bonchev–Trinajstić information content (AvgIpc) is 2.15. The van der Waals surface area contributed by atoms with Crippen molar-refractivity contribution in [3.05, 3.63) is 0 Å². The molecule has 0 aromatic carbocycles. The SMILES string of the molecule is O=C1CCCC[C@@H]1[C@@H](O)C(F)(F)C(F)(F)F. The summed E-state index contributed by atoms with van der Waals surface area (Å²) in [6, 6.07) is 0. The standard InChI is InChI=1S/C9H11F5O2/c10-8(11,9(12,13)14)7(16)5-3-1-2-4-6(5)15/h5,7,16H,1-4H2/t5-,7+/m0/s1. The van der Waals surface area contributed by atoms with Crippen LogP contribution in [0, 0.1) is 5.92 Å². The van der Waals surface area contributed by atoms with Crippen LogP contribution in [0.1, 0.15) is 25.7 Å². The van der Waals surface area contributed by atoms with Gasteiger partial charge in [-0.25, -0.2) is 0 Å². The molecule has 0 radical (unpaired) electrons. The van der Waals surface area contributed by atoms with Gasteiger partial charge < -0.3 is 5.11 Å². The van der Waals surface area contributed by atoms with Crippen molar-refractivity contribution in [2.75, 3.05) is 0 Å². The minimum atomic E-state index is -5.83. The van der Waals surface area contributed by atoms with E-state index in [-0.39, 0.29) is 12.8 Å². The van der Waals surface area contributed by atoms with Gasteiger partial charge in [-0.15, -0.1) is 0 Å². The van der Waals surface area contributed by atoms with E-state index >= 15 is 0 Å². The van der Waals surface area contributed by atoms with Crippen LogP contribution in [0.4, 0.5) is 22.0 Å². The molecule has 7 heteroatoms. The van der Waals surface area contributed by atoms with E-state index in [0.29, 0.717) is 12.8 Å². The Morgan fingerprint density at radius 1 is 1.19 bits per heavy atom. The number of halogens is 5. The fraction of sp³-hybridized carbons (Fsp3) is 0.889.